The Hall–Kier alpha value is -3.58. The molecule has 1 unspecified atom stereocenters. The molecular formula is C32H45N5O2. The van der Waals surface area contributed by atoms with Crippen molar-refractivity contribution >= 4 is 17.8 Å². The summed E-state index contributed by atoms with van der Waals surface area (Å²) in [6.07, 6.45) is 3.62. The summed E-state index contributed by atoms with van der Waals surface area (Å²) in [4.78, 5) is 24.7. The van der Waals surface area contributed by atoms with E-state index < -0.39 is 0 Å². The van der Waals surface area contributed by atoms with E-state index in [4.69, 9.17) is 4.74 Å². The number of likely N-dealkylation sites (N-methyl/N-ethyl adjacent to an activating group) is 2. The zero-order chi connectivity index (χ0) is 28.2. The summed E-state index contributed by atoms with van der Waals surface area (Å²) in [5.74, 6) is 1.47. The average Bonchev–Trinajstić information content (AvgIpc) is 3.06. The van der Waals surface area contributed by atoms with Gasteiger partial charge in [-0.15, -0.1) is 0 Å². The molecular weight excluding hydrogens is 486 g/mol. The Morgan fingerprint density at radius 2 is 1.92 bits per heavy atom. The fourth-order valence-corrected chi connectivity index (χ4v) is 4.66. The highest BCUT2D eigenvalue weighted by Gasteiger charge is 2.30. The van der Waals surface area contributed by atoms with Crippen molar-refractivity contribution in [1.29, 1.82) is 0 Å². The largest absolute Gasteiger partial charge is 0.492 e. The molecule has 7 heteroatoms. The number of aliphatic imine (C=N–C) groups is 1. The van der Waals surface area contributed by atoms with Gasteiger partial charge in [0.1, 0.15) is 18.2 Å². The number of nitrogens with one attached hydrogen (secondary N) is 1. The first-order valence-electron chi connectivity index (χ1n) is 14.0. The number of rotatable bonds is 14. The van der Waals surface area contributed by atoms with Gasteiger partial charge >= 0.3 is 0 Å². The topological polar surface area (TPSA) is 60.4 Å². The molecule has 0 aromatic heterocycles. The minimum Gasteiger partial charge on any atom is -0.492 e. The number of hydrogen-bond acceptors (Lipinski definition) is 6. The maximum Gasteiger partial charge on any atom is 0.261 e. The zero-order valence-electron chi connectivity index (χ0n) is 24.3. The second kappa shape index (κ2) is 15.1. The predicted molar refractivity (Wildman–Crippen MR) is 162 cm³/mol. The molecule has 0 saturated heterocycles. The van der Waals surface area contributed by atoms with Crippen molar-refractivity contribution in [2.45, 2.75) is 33.6 Å². The SMILES string of the molecule is C=C(/N=C\C1=C(C(C)CC)N(C)CCN(c2cccc(OCCN(C)CCc3ccccc3)c2)C1=O)NCC. The van der Waals surface area contributed by atoms with Crippen LogP contribution in [0.15, 0.2) is 83.3 Å². The molecule has 1 N–H and O–H groups in total. The summed E-state index contributed by atoms with van der Waals surface area (Å²) in [6, 6.07) is 18.4. The van der Waals surface area contributed by atoms with Crippen molar-refractivity contribution in [2.24, 2.45) is 10.9 Å². The van der Waals surface area contributed by atoms with Crippen LogP contribution >= 0.6 is 0 Å². The van der Waals surface area contributed by atoms with Crippen LogP contribution in [0.25, 0.3) is 0 Å². The monoisotopic (exact) mass is 531 g/mol. The summed E-state index contributed by atoms with van der Waals surface area (Å²) in [5.41, 5.74) is 3.79. The standard InChI is InChI=1S/C32H45N5O2/c1-7-25(3)31-30(24-34-26(4)33-8-2)32(38)37(20-19-36(31)6)28-15-12-16-29(23-28)39-22-21-35(5)18-17-27-13-10-9-11-14-27/h9-16,23-25,33H,4,7-8,17-22H2,1-3,5-6H3/b34-24-. The number of ether oxygens (including phenoxy) is 1. The van der Waals surface area contributed by atoms with Crippen molar-refractivity contribution in [3.8, 4) is 5.75 Å². The highest BCUT2D eigenvalue weighted by Crippen LogP contribution is 2.29. The number of carbonyl (C=O) groups excluding carboxylic acids is 1. The van der Waals surface area contributed by atoms with Gasteiger partial charge in [0.15, 0.2) is 0 Å². The van der Waals surface area contributed by atoms with Crippen LogP contribution in [0.1, 0.15) is 32.8 Å². The highest BCUT2D eigenvalue weighted by molar-refractivity contribution is 6.19. The summed E-state index contributed by atoms with van der Waals surface area (Å²) >= 11 is 0. The van der Waals surface area contributed by atoms with E-state index in [1.807, 2.05) is 42.2 Å². The number of carbonyl (C=O) groups is 1. The maximum atomic E-state index is 13.9. The zero-order valence-corrected chi connectivity index (χ0v) is 24.3. The van der Waals surface area contributed by atoms with Gasteiger partial charge in [0.2, 0.25) is 0 Å². The van der Waals surface area contributed by atoms with E-state index in [0.29, 0.717) is 24.5 Å². The molecule has 1 heterocycles. The second-order valence-corrected chi connectivity index (χ2v) is 10.1. The first kappa shape index (κ1) is 30.0. The molecule has 0 aliphatic carbocycles. The fraction of sp³-hybridized carbons (Fsp3) is 0.438. The number of benzene rings is 2. The molecule has 1 atom stereocenters. The van der Waals surface area contributed by atoms with Gasteiger partial charge in [-0.3, -0.25) is 4.79 Å². The quantitative estimate of drug-likeness (QED) is 0.349. The van der Waals surface area contributed by atoms with Gasteiger partial charge in [-0.05, 0) is 50.4 Å². The normalized spacial score (nSPS) is 15.2. The van der Waals surface area contributed by atoms with Crippen LogP contribution in [-0.4, -0.2) is 75.3 Å². The van der Waals surface area contributed by atoms with Gasteiger partial charge in [0.05, 0.1) is 5.57 Å². The molecule has 1 amide bonds. The van der Waals surface area contributed by atoms with Crippen LogP contribution in [0, 0.1) is 5.92 Å². The van der Waals surface area contributed by atoms with Gasteiger partial charge in [-0.25, -0.2) is 4.99 Å². The van der Waals surface area contributed by atoms with E-state index in [1.54, 1.807) is 6.21 Å². The number of anilines is 1. The molecule has 7 nitrogen and oxygen atoms in total. The van der Waals surface area contributed by atoms with Crippen molar-refractivity contribution in [2.75, 3.05) is 58.3 Å². The Kier molecular flexibility index (Phi) is 11.6. The van der Waals surface area contributed by atoms with E-state index in [1.165, 1.54) is 5.56 Å². The Morgan fingerprint density at radius 1 is 1.15 bits per heavy atom. The lowest BCUT2D eigenvalue weighted by Crippen LogP contribution is -2.34. The molecule has 1 aliphatic rings. The number of amides is 1. The molecule has 1 aliphatic heterocycles. The van der Waals surface area contributed by atoms with Gasteiger partial charge in [0.25, 0.3) is 5.91 Å². The summed E-state index contributed by atoms with van der Waals surface area (Å²) in [6.45, 7) is 14.7. The van der Waals surface area contributed by atoms with E-state index in [-0.39, 0.29) is 11.8 Å². The molecule has 0 fully saturated rings. The highest BCUT2D eigenvalue weighted by atomic mass is 16.5. The molecule has 3 rings (SSSR count). The van der Waals surface area contributed by atoms with Crippen LogP contribution in [0.2, 0.25) is 0 Å². The van der Waals surface area contributed by atoms with Crippen molar-refractivity contribution < 1.29 is 9.53 Å². The Bertz CT molecular complexity index is 1140. The Labute approximate surface area is 234 Å². The molecule has 0 radical (unpaired) electrons. The third kappa shape index (κ3) is 8.72. The second-order valence-electron chi connectivity index (χ2n) is 10.1. The first-order chi connectivity index (χ1) is 18.8. The lowest BCUT2D eigenvalue weighted by molar-refractivity contribution is -0.114. The van der Waals surface area contributed by atoms with E-state index >= 15 is 0 Å². The average molecular weight is 532 g/mol. The summed E-state index contributed by atoms with van der Waals surface area (Å²) in [7, 11) is 4.17. The minimum absolute atomic E-state index is 0.0551. The van der Waals surface area contributed by atoms with Crippen molar-refractivity contribution in [3.05, 3.63) is 83.8 Å². The molecule has 0 spiro atoms. The summed E-state index contributed by atoms with van der Waals surface area (Å²) in [5, 5.41) is 3.11. The third-order valence-electron chi connectivity index (χ3n) is 7.13. The molecule has 2 aromatic carbocycles. The van der Waals surface area contributed by atoms with E-state index in [0.717, 1.165) is 56.2 Å². The number of nitrogens with zero attached hydrogens (tertiary/aromatic N) is 4. The first-order valence-corrected chi connectivity index (χ1v) is 14.0. The van der Waals surface area contributed by atoms with Gasteiger partial charge in [-0.1, -0.05) is 56.8 Å². The van der Waals surface area contributed by atoms with Gasteiger partial charge in [0, 0.05) is 63.4 Å². The smallest absolute Gasteiger partial charge is 0.261 e. The summed E-state index contributed by atoms with van der Waals surface area (Å²) < 4.78 is 6.11. The Balaban J connectivity index is 1.71. The number of allylic oxidation sites excluding steroid dienone is 1. The molecule has 210 valence electrons. The Morgan fingerprint density at radius 3 is 2.64 bits per heavy atom. The van der Waals surface area contributed by atoms with Gasteiger partial charge < -0.3 is 24.8 Å². The van der Waals surface area contributed by atoms with Crippen LogP contribution < -0.4 is 15.0 Å². The molecule has 2 aromatic rings. The van der Waals surface area contributed by atoms with E-state index in [9.17, 15) is 4.79 Å². The minimum atomic E-state index is -0.0551. The van der Waals surface area contributed by atoms with Crippen LogP contribution in [-0.2, 0) is 11.2 Å². The van der Waals surface area contributed by atoms with E-state index in [2.05, 4.69) is 78.9 Å². The molecule has 0 bridgehead atoms. The molecule has 39 heavy (non-hydrogen) atoms. The fourth-order valence-electron chi connectivity index (χ4n) is 4.66. The lowest BCUT2D eigenvalue weighted by atomic mass is 9.98. The van der Waals surface area contributed by atoms with Crippen LogP contribution in [0.4, 0.5) is 5.69 Å². The van der Waals surface area contributed by atoms with Crippen LogP contribution in [0.3, 0.4) is 0 Å². The van der Waals surface area contributed by atoms with Crippen molar-refractivity contribution in [1.82, 2.24) is 15.1 Å². The van der Waals surface area contributed by atoms with Gasteiger partial charge in [-0.2, -0.15) is 0 Å². The van der Waals surface area contributed by atoms with Crippen molar-refractivity contribution in [3.63, 3.8) is 0 Å². The third-order valence-corrected chi connectivity index (χ3v) is 7.13. The predicted octanol–water partition coefficient (Wildman–Crippen LogP) is 4.97. The lowest BCUT2D eigenvalue weighted by Gasteiger charge is -2.26. The van der Waals surface area contributed by atoms with Crippen LogP contribution in [0.5, 0.6) is 5.75 Å². The number of hydrogen-bond donors (Lipinski definition) is 1. The maximum absolute atomic E-state index is 13.9. The molecule has 0 saturated carbocycles.